The van der Waals surface area contributed by atoms with Crippen molar-refractivity contribution in [3.63, 3.8) is 0 Å². The van der Waals surface area contributed by atoms with E-state index in [1.54, 1.807) is 24.4 Å². The normalized spacial score (nSPS) is 20.9. The molecular formula is C19H23N5O3. The zero-order valence-electron chi connectivity index (χ0n) is 15.3. The van der Waals surface area contributed by atoms with Gasteiger partial charge in [0, 0.05) is 23.4 Å². The van der Waals surface area contributed by atoms with Gasteiger partial charge in [0.1, 0.15) is 5.82 Å². The third-order valence-electron chi connectivity index (χ3n) is 4.43. The molecule has 0 aliphatic carbocycles. The van der Waals surface area contributed by atoms with Crippen LogP contribution in [0.3, 0.4) is 0 Å². The Bertz CT molecular complexity index is 874. The summed E-state index contributed by atoms with van der Waals surface area (Å²) in [6.45, 7) is 1.86. The van der Waals surface area contributed by atoms with Gasteiger partial charge in [0.25, 0.3) is 0 Å². The van der Waals surface area contributed by atoms with Gasteiger partial charge >= 0.3 is 6.09 Å². The zero-order valence-corrected chi connectivity index (χ0v) is 15.3. The molecule has 0 radical (unpaired) electrons. The second-order valence-electron chi connectivity index (χ2n) is 6.49. The average Bonchev–Trinajstić information content (AvgIpc) is 3.14. The van der Waals surface area contributed by atoms with Crippen LogP contribution in [-0.2, 0) is 9.53 Å². The van der Waals surface area contributed by atoms with Crippen LogP contribution in [0.2, 0.25) is 0 Å². The summed E-state index contributed by atoms with van der Waals surface area (Å²) in [6.07, 6.45) is 6.35. The SMILES string of the molecule is COC(=O)Nc1ccc2c(c1)NC(=O)C(C)C/C=C/CC(N)c1nc-2c[nH]1. The number of carbonyl (C=O) groups is 2. The van der Waals surface area contributed by atoms with E-state index < -0.39 is 6.09 Å². The summed E-state index contributed by atoms with van der Waals surface area (Å²) in [5.74, 6) is 0.351. The van der Waals surface area contributed by atoms with E-state index in [4.69, 9.17) is 5.73 Å². The predicted molar refractivity (Wildman–Crippen MR) is 103 cm³/mol. The Morgan fingerprint density at radius 3 is 2.89 bits per heavy atom. The third kappa shape index (κ3) is 4.35. The first-order valence-corrected chi connectivity index (χ1v) is 8.74. The number of imidazole rings is 1. The molecule has 1 aliphatic rings. The number of H-pyrrole nitrogens is 1. The zero-order chi connectivity index (χ0) is 19.4. The molecule has 0 saturated carbocycles. The van der Waals surface area contributed by atoms with Crippen LogP contribution in [0.4, 0.5) is 16.2 Å². The first kappa shape index (κ1) is 18.7. The number of methoxy groups -OCH3 is 1. The van der Waals surface area contributed by atoms with Crippen LogP contribution in [0.25, 0.3) is 11.3 Å². The third-order valence-corrected chi connectivity index (χ3v) is 4.43. The smallest absolute Gasteiger partial charge is 0.411 e. The summed E-state index contributed by atoms with van der Waals surface area (Å²) in [7, 11) is 1.29. The number of hydrogen-bond donors (Lipinski definition) is 4. The highest BCUT2D eigenvalue weighted by Crippen LogP contribution is 2.31. The Labute approximate surface area is 157 Å². The molecule has 0 fully saturated rings. The molecule has 2 bridgehead atoms. The Kier molecular flexibility index (Phi) is 5.56. The molecule has 2 unspecified atom stereocenters. The van der Waals surface area contributed by atoms with Crippen molar-refractivity contribution in [3.05, 3.63) is 42.4 Å². The Balaban J connectivity index is 2.03. The van der Waals surface area contributed by atoms with E-state index in [1.165, 1.54) is 7.11 Å². The number of allylic oxidation sites excluding steroid dienone is 1. The summed E-state index contributed by atoms with van der Waals surface area (Å²) in [5, 5.41) is 5.54. The van der Waals surface area contributed by atoms with Crippen molar-refractivity contribution in [2.24, 2.45) is 11.7 Å². The Hall–Kier alpha value is -3.13. The summed E-state index contributed by atoms with van der Waals surface area (Å²) < 4.78 is 4.62. The molecular weight excluding hydrogens is 346 g/mol. The second-order valence-corrected chi connectivity index (χ2v) is 6.49. The lowest BCUT2D eigenvalue weighted by atomic mass is 10.0. The van der Waals surface area contributed by atoms with Crippen LogP contribution < -0.4 is 16.4 Å². The van der Waals surface area contributed by atoms with Gasteiger partial charge in [0.05, 0.1) is 24.5 Å². The van der Waals surface area contributed by atoms with Crippen molar-refractivity contribution in [3.8, 4) is 11.3 Å². The summed E-state index contributed by atoms with van der Waals surface area (Å²) in [6, 6.07) is 4.94. The van der Waals surface area contributed by atoms with Gasteiger partial charge in [-0.2, -0.15) is 0 Å². The number of nitrogens with zero attached hydrogens (tertiary/aromatic N) is 1. The van der Waals surface area contributed by atoms with E-state index in [0.29, 0.717) is 35.7 Å². The quantitative estimate of drug-likeness (QED) is 0.575. The molecule has 142 valence electrons. The van der Waals surface area contributed by atoms with Gasteiger partial charge in [0.2, 0.25) is 5.91 Å². The maximum atomic E-state index is 12.6. The highest BCUT2D eigenvalue weighted by atomic mass is 16.5. The van der Waals surface area contributed by atoms with Crippen molar-refractivity contribution in [1.29, 1.82) is 0 Å². The van der Waals surface area contributed by atoms with E-state index in [2.05, 4.69) is 25.3 Å². The van der Waals surface area contributed by atoms with E-state index in [-0.39, 0.29) is 17.9 Å². The van der Waals surface area contributed by atoms with E-state index >= 15 is 0 Å². The summed E-state index contributed by atoms with van der Waals surface area (Å²) in [4.78, 5) is 31.7. The molecule has 2 atom stereocenters. The van der Waals surface area contributed by atoms with Gasteiger partial charge in [0.15, 0.2) is 0 Å². The standard InChI is InChI=1S/C19H23N5O3/c1-11-5-3-4-6-14(20)17-21-10-16(23-17)13-8-7-12(22-19(26)27-2)9-15(13)24-18(11)25/h3-4,7-11,14H,5-6,20H2,1-2H3,(H,21,23)(H,22,26)(H,24,25)/b4-3+. The highest BCUT2D eigenvalue weighted by molar-refractivity contribution is 5.98. The number of nitrogens with one attached hydrogen (secondary N) is 3. The molecule has 8 nitrogen and oxygen atoms in total. The monoisotopic (exact) mass is 369 g/mol. The molecule has 0 spiro atoms. The molecule has 2 aromatic rings. The van der Waals surface area contributed by atoms with Crippen molar-refractivity contribution in [2.75, 3.05) is 17.7 Å². The van der Waals surface area contributed by atoms with E-state index in [0.717, 1.165) is 5.56 Å². The maximum absolute atomic E-state index is 12.6. The van der Waals surface area contributed by atoms with Crippen LogP contribution in [0.1, 0.15) is 31.6 Å². The van der Waals surface area contributed by atoms with Gasteiger partial charge in [-0.1, -0.05) is 19.1 Å². The van der Waals surface area contributed by atoms with Gasteiger partial charge in [-0.3, -0.25) is 10.1 Å². The molecule has 3 rings (SSSR count). The Morgan fingerprint density at radius 2 is 2.11 bits per heavy atom. The molecule has 1 aliphatic heterocycles. The number of fused-ring (bicyclic) bond motifs is 4. The van der Waals surface area contributed by atoms with E-state index in [9.17, 15) is 9.59 Å². The lowest BCUT2D eigenvalue weighted by molar-refractivity contribution is -0.119. The molecule has 5 N–H and O–H groups in total. The molecule has 0 saturated heterocycles. The minimum absolute atomic E-state index is 0.115. The van der Waals surface area contributed by atoms with E-state index in [1.807, 2.05) is 19.1 Å². The molecule has 1 aromatic carbocycles. The number of ether oxygens (including phenoxy) is 1. The van der Waals surface area contributed by atoms with Crippen molar-refractivity contribution < 1.29 is 14.3 Å². The van der Waals surface area contributed by atoms with Crippen LogP contribution >= 0.6 is 0 Å². The highest BCUT2D eigenvalue weighted by Gasteiger charge is 2.18. The minimum Gasteiger partial charge on any atom is -0.453 e. The fourth-order valence-electron chi connectivity index (χ4n) is 2.80. The first-order valence-electron chi connectivity index (χ1n) is 8.74. The second kappa shape index (κ2) is 8.05. The minimum atomic E-state index is -0.586. The predicted octanol–water partition coefficient (Wildman–Crippen LogP) is 3.18. The molecule has 2 heterocycles. The van der Waals surface area contributed by atoms with Gasteiger partial charge in [-0.25, -0.2) is 9.78 Å². The maximum Gasteiger partial charge on any atom is 0.411 e. The molecule has 8 heteroatoms. The number of rotatable bonds is 1. The number of nitrogens with two attached hydrogens (primary N) is 1. The van der Waals surface area contributed by atoms with Crippen LogP contribution in [0, 0.1) is 5.92 Å². The number of aromatic nitrogens is 2. The van der Waals surface area contributed by atoms with Crippen molar-refractivity contribution in [1.82, 2.24) is 9.97 Å². The van der Waals surface area contributed by atoms with Crippen LogP contribution in [0.15, 0.2) is 36.5 Å². The van der Waals surface area contributed by atoms with Crippen LogP contribution in [0.5, 0.6) is 0 Å². The summed E-state index contributed by atoms with van der Waals surface area (Å²) in [5.41, 5.74) is 8.64. The van der Waals surface area contributed by atoms with Gasteiger partial charge in [-0.15, -0.1) is 0 Å². The van der Waals surface area contributed by atoms with Crippen molar-refractivity contribution in [2.45, 2.75) is 25.8 Å². The average molecular weight is 369 g/mol. The lowest BCUT2D eigenvalue weighted by Gasteiger charge is -2.15. The lowest BCUT2D eigenvalue weighted by Crippen LogP contribution is -2.20. The molecule has 2 amide bonds. The fourth-order valence-corrected chi connectivity index (χ4v) is 2.80. The summed E-state index contributed by atoms with van der Waals surface area (Å²) >= 11 is 0. The number of benzene rings is 1. The molecule has 1 aromatic heterocycles. The number of hydrogen-bond acceptors (Lipinski definition) is 5. The number of aromatic amines is 1. The number of anilines is 2. The molecule has 27 heavy (non-hydrogen) atoms. The Morgan fingerprint density at radius 1 is 1.33 bits per heavy atom. The topological polar surface area (TPSA) is 122 Å². The van der Waals surface area contributed by atoms with Crippen molar-refractivity contribution >= 4 is 23.4 Å². The number of carbonyl (C=O) groups excluding carboxylic acids is 2. The largest absolute Gasteiger partial charge is 0.453 e. The first-order chi connectivity index (χ1) is 13.0. The van der Waals surface area contributed by atoms with Crippen LogP contribution in [-0.4, -0.2) is 29.1 Å². The fraction of sp³-hybridized carbons (Fsp3) is 0.316. The van der Waals surface area contributed by atoms with Gasteiger partial charge in [-0.05, 0) is 31.0 Å². The number of amides is 2. The van der Waals surface area contributed by atoms with Gasteiger partial charge < -0.3 is 20.8 Å².